The maximum absolute atomic E-state index is 9.40. The molecule has 1 aromatic rings. The van der Waals surface area contributed by atoms with Crippen molar-refractivity contribution in [1.29, 1.82) is 0 Å². The van der Waals surface area contributed by atoms with Crippen molar-refractivity contribution in [2.24, 2.45) is 0 Å². The molecule has 0 aliphatic rings. The number of hydrogen-bond acceptors (Lipinski definition) is 1. The molecule has 0 saturated carbocycles. The second-order valence-corrected chi connectivity index (χ2v) is 3.46. The summed E-state index contributed by atoms with van der Waals surface area (Å²) in [6, 6.07) is 3.19. The first kappa shape index (κ1) is 9.69. The van der Waals surface area contributed by atoms with Crippen molar-refractivity contribution < 1.29 is 5.11 Å². The Bertz CT molecular complexity index is 284. The average Bonchev–Trinajstić information content (AvgIpc) is 2.01. The van der Waals surface area contributed by atoms with E-state index in [1.165, 1.54) is 6.07 Å². The normalized spacial score (nSPS) is 10.2. The van der Waals surface area contributed by atoms with Crippen molar-refractivity contribution in [3.8, 4) is 5.75 Å². The van der Waals surface area contributed by atoms with E-state index in [0.717, 1.165) is 18.4 Å². The van der Waals surface area contributed by atoms with Crippen LogP contribution >= 0.6 is 23.2 Å². The smallest absolute Gasteiger partial charge is 0.120 e. The third kappa shape index (κ3) is 2.05. The van der Waals surface area contributed by atoms with Crippen LogP contribution < -0.4 is 0 Å². The second kappa shape index (κ2) is 4.01. The summed E-state index contributed by atoms with van der Waals surface area (Å²) >= 11 is 11.5. The van der Waals surface area contributed by atoms with E-state index in [4.69, 9.17) is 23.2 Å². The highest BCUT2D eigenvalue weighted by atomic mass is 35.5. The quantitative estimate of drug-likeness (QED) is 0.781. The topological polar surface area (TPSA) is 20.2 Å². The van der Waals surface area contributed by atoms with Crippen molar-refractivity contribution in [2.45, 2.75) is 19.8 Å². The number of phenolic OH excluding ortho intramolecular Hbond substituents is 1. The van der Waals surface area contributed by atoms with E-state index in [2.05, 4.69) is 0 Å². The Balaban J connectivity index is 3.05. The highest BCUT2D eigenvalue weighted by Crippen LogP contribution is 2.30. The molecule has 0 heterocycles. The summed E-state index contributed by atoms with van der Waals surface area (Å²) < 4.78 is 0. The number of rotatable bonds is 2. The van der Waals surface area contributed by atoms with E-state index in [-0.39, 0.29) is 5.75 Å². The van der Waals surface area contributed by atoms with Gasteiger partial charge >= 0.3 is 0 Å². The molecular weight excluding hydrogens is 195 g/mol. The van der Waals surface area contributed by atoms with E-state index < -0.39 is 0 Å². The number of aromatic hydroxyl groups is 1. The van der Waals surface area contributed by atoms with Crippen LogP contribution in [0.1, 0.15) is 18.9 Å². The van der Waals surface area contributed by atoms with Gasteiger partial charge in [-0.3, -0.25) is 0 Å². The Morgan fingerprint density at radius 3 is 2.42 bits per heavy atom. The van der Waals surface area contributed by atoms with Crippen molar-refractivity contribution in [3.05, 3.63) is 27.7 Å². The summed E-state index contributed by atoms with van der Waals surface area (Å²) in [4.78, 5) is 0. The zero-order valence-corrected chi connectivity index (χ0v) is 8.28. The summed E-state index contributed by atoms with van der Waals surface area (Å²) in [7, 11) is 0. The van der Waals surface area contributed by atoms with E-state index >= 15 is 0 Å². The first-order valence-corrected chi connectivity index (χ1v) is 4.57. The predicted octanol–water partition coefficient (Wildman–Crippen LogP) is 3.65. The molecule has 12 heavy (non-hydrogen) atoms. The molecule has 0 atom stereocenters. The minimum absolute atomic E-state index is 0.228. The fourth-order valence-corrected chi connectivity index (χ4v) is 1.39. The van der Waals surface area contributed by atoms with Crippen LogP contribution in [0.25, 0.3) is 0 Å². The monoisotopic (exact) mass is 204 g/mol. The molecule has 0 radical (unpaired) electrons. The first-order chi connectivity index (χ1) is 5.65. The van der Waals surface area contributed by atoms with Gasteiger partial charge in [0.15, 0.2) is 0 Å². The molecule has 66 valence electrons. The van der Waals surface area contributed by atoms with Crippen LogP contribution in [-0.4, -0.2) is 5.11 Å². The van der Waals surface area contributed by atoms with Gasteiger partial charge in [-0.15, -0.1) is 0 Å². The SMILES string of the molecule is CCCc1cc(Cl)c(Cl)cc1O. The van der Waals surface area contributed by atoms with Crippen molar-refractivity contribution in [3.63, 3.8) is 0 Å². The Morgan fingerprint density at radius 2 is 1.83 bits per heavy atom. The molecule has 0 unspecified atom stereocenters. The van der Waals surface area contributed by atoms with Crippen molar-refractivity contribution in [1.82, 2.24) is 0 Å². The molecule has 0 bridgehead atoms. The lowest BCUT2D eigenvalue weighted by molar-refractivity contribution is 0.467. The summed E-state index contributed by atoms with van der Waals surface area (Å²) in [5, 5.41) is 10.3. The molecule has 0 fully saturated rings. The number of aryl methyl sites for hydroxylation is 1. The summed E-state index contributed by atoms with van der Waals surface area (Å²) in [5.41, 5.74) is 0.854. The molecule has 1 aromatic carbocycles. The molecular formula is C9H10Cl2O. The minimum atomic E-state index is 0.228. The third-order valence-electron chi connectivity index (χ3n) is 1.64. The van der Waals surface area contributed by atoms with Gasteiger partial charge in [-0.05, 0) is 18.1 Å². The number of phenols is 1. The van der Waals surface area contributed by atoms with Crippen LogP contribution in [0.5, 0.6) is 5.75 Å². The first-order valence-electron chi connectivity index (χ1n) is 3.82. The Labute approximate surface area is 81.9 Å². The molecule has 1 rings (SSSR count). The fraction of sp³-hybridized carbons (Fsp3) is 0.333. The van der Waals surface area contributed by atoms with Gasteiger partial charge in [-0.1, -0.05) is 36.5 Å². The van der Waals surface area contributed by atoms with Crippen LogP contribution in [0, 0.1) is 0 Å². The molecule has 0 aliphatic heterocycles. The zero-order valence-electron chi connectivity index (χ0n) is 6.77. The van der Waals surface area contributed by atoms with Gasteiger partial charge in [-0.25, -0.2) is 0 Å². The van der Waals surface area contributed by atoms with Crippen molar-refractivity contribution in [2.75, 3.05) is 0 Å². The van der Waals surface area contributed by atoms with Gasteiger partial charge in [0.2, 0.25) is 0 Å². The Kier molecular flexibility index (Phi) is 3.24. The van der Waals surface area contributed by atoms with Gasteiger partial charge in [-0.2, -0.15) is 0 Å². The van der Waals surface area contributed by atoms with Gasteiger partial charge in [0.25, 0.3) is 0 Å². The molecule has 0 spiro atoms. The van der Waals surface area contributed by atoms with Crippen LogP contribution in [0.15, 0.2) is 12.1 Å². The van der Waals surface area contributed by atoms with E-state index in [1.807, 2.05) is 6.92 Å². The molecule has 1 nitrogen and oxygen atoms in total. The number of halogens is 2. The molecule has 0 aliphatic carbocycles. The summed E-state index contributed by atoms with van der Waals surface area (Å²) in [6.07, 6.45) is 1.80. The highest BCUT2D eigenvalue weighted by molar-refractivity contribution is 6.42. The lowest BCUT2D eigenvalue weighted by Gasteiger charge is -2.04. The summed E-state index contributed by atoms with van der Waals surface area (Å²) in [5.74, 6) is 0.228. The summed E-state index contributed by atoms with van der Waals surface area (Å²) in [6.45, 7) is 2.04. The standard InChI is InChI=1S/C9H10Cl2O/c1-2-3-6-4-7(10)8(11)5-9(6)12/h4-5,12H,2-3H2,1H3. The maximum Gasteiger partial charge on any atom is 0.120 e. The van der Waals surface area contributed by atoms with Gasteiger partial charge in [0.05, 0.1) is 10.0 Å². The second-order valence-electron chi connectivity index (χ2n) is 2.65. The zero-order chi connectivity index (χ0) is 9.14. The van der Waals surface area contributed by atoms with Crippen LogP contribution in [0.3, 0.4) is 0 Å². The van der Waals surface area contributed by atoms with Gasteiger partial charge in [0.1, 0.15) is 5.75 Å². The molecule has 0 amide bonds. The lowest BCUT2D eigenvalue weighted by atomic mass is 10.1. The number of hydrogen-bond donors (Lipinski definition) is 1. The van der Waals surface area contributed by atoms with E-state index in [1.54, 1.807) is 6.07 Å². The minimum Gasteiger partial charge on any atom is -0.508 e. The molecule has 1 N–H and O–H groups in total. The largest absolute Gasteiger partial charge is 0.508 e. The van der Waals surface area contributed by atoms with Crippen LogP contribution in [0.2, 0.25) is 10.0 Å². The molecule has 3 heteroatoms. The molecule has 0 saturated heterocycles. The van der Waals surface area contributed by atoms with Crippen LogP contribution in [-0.2, 0) is 6.42 Å². The number of benzene rings is 1. The van der Waals surface area contributed by atoms with E-state index in [9.17, 15) is 5.11 Å². The van der Waals surface area contributed by atoms with Crippen LogP contribution in [0.4, 0.5) is 0 Å². The van der Waals surface area contributed by atoms with Crippen molar-refractivity contribution >= 4 is 23.2 Å². The maximum atomic E-state index is 9.40. The predicted molar refractivity (Wildman–Crippen MR) is 52.1 cm³/mol. The molecule has 0 aromatic heterocycles. The third-order valence-corrected chi connectivity index (χ3v) is 2.36. The Hall–Kier alpha value is -0.400. The fourth-order valence-electron chi connectivity index (χ4n) is 1.05. The van der Waals surface area contributed by atoms with Gasteiger partial charge < -0.3 is 5.11 Å². The lowest BCUT2D eigenvalue weighted by Crippen LogP contribution is -1.84. The van der Waals surface area contributed by atoms with Gasteiger partial charge in [0, 0.05) is 6.07 Å². The average molecular weight is 205 g/mol. The van der Waals surface area contributed by atoms with E-state index in [0.29, 0.717) is 10.0 Å². The Morgan fingerprint density at radius 1 is 1.25 bits per heavy atom. The highest BCUT2D eigenvalue weighted by Gasteiger charge is 2.04.